The summed E-state index contributed by atoms with van der Waals surface area (Å²) in [6.07, 6.45) is 2.47. The molecule has 3 rings (SSSR count). The highest BCUT2D eigenvalue weighted by atomic mass is 16.6. The van der Waals surface area contributed by atoms with Gasteiger partial charge in [-0.3, -0.25) is 4.79 Å². The Balaban J connectivity index is 1.38. The van der Waals surface area contributed by atoms with Crippen LogP contribution in [0.3, 0.4) is 0 Å². The number of aromatic nitrogens is 2. The molecule has 6 nitrogen and oxygen atoms in total. The molecule has 0 radical (unpaired) electrons. The van der Waals surface area contributed by atoms with Gasteiger partial charge in [0.25, 0.3) is 5.56 Å². The molecule has 2 aromatic rings. The fourth-order valence-electron chi connectivity index (χ4n) is 2.34. The second-order valence-electron chi connectivity index (χ2n) is 5.14. The molecule has 0 saturated heterocycles. The molecule has 1 N–H and O–H groups in total. The quantitative estimate of drug-likeness (QED) is 0.808. The first-order chi connectivity index (χ1) is 10.8. The minimum Gasteiger partial charge on any atom is -0.486 e. The maximum atomic E-state index is 11.5. The van der Waals surface area contributed by atoms with Crippen LogP contribution in [0.2, 0.25) is 0 Å². The Bertz CT molecular complexity index is 671. The number of nitrogens with one attached hydrogen (secondary N) is 1. The summed E-state index contributed by atoms with van der Waals surface area (Å²) >= 11 is 0. The Labute approximate surface area is 128 Å². The first-order valence-electron chi connectivity index (χ1n) is 7.44. The summed E-state index contributed by atoms with van der Waals surface area (Å²) in [6, 6.07) is 10.8. The zero-order valence-electron chi connectivity index (χ0n) is 12.3. The van der Waals surface area contributed by atoms with E-state index in [0.29, 0.717) is 19.7 Å². The maximum Gasteiger partial charge on any atom is 0.266 e. The Kier molecular flexibility index (Phi) is 4.70. The number of para-hydroxylation sites is 2. The van der Waals surface area contributed by atoms with Crippen LogP contribution in [0.5, 0.6) is 11.5 Å². The van der Waals surface area contributed by atoms with Gasteiger partial charge in [-0.25, -0.2) is 4.68 Å². The number of hydrogen-bond donors (Lipinski definition) is 1. The largest absolute Gasteiger partial charge is 0.486 e. The lowest BCUT2D eigenvalue weighted by Crippen LogP contribution is -2.39. The molecule has 0 fully saturated rings. The predicted molar refractivity (Wildman–Crippen MR) is 82.3 cm³/mol. The van der Waals surface area contributed by atoms with E-state index in [1.807, 2.05) is 24.3 Å². The zero-order valence-corrected chi connectivity index (χ0v) is 12.3. The fourth-order valence-corrected chi connectivity index (χ4v) is 2.34. The Morgan fingerprint density at radius 1 is 1.23 bits per heavy atom. The minimum atomic E-state index is -0.0666. The number of nitrogens with zero attached hydrogens (tertiary/aromatic N) is 2. The van der Waals surface area contributed by atoms with E-state index >= 15 is 0 Å². The highest BCUT2D eigenvalue weighted by Gasteiger charge is 2.19. The van der Waals surface area contributed by atoms with Crippen LogP contribution in [0.1, 0.15) is 6.42 Å². The van der Waals surface area contributed by atoms with Crippen molar-refractivity contribution in [2.75, 3.05) is 19.7 Å². The number of rotatable bonds is 6. The van der Waals surface area contributed by atoms with E-state index in [2.05, 4.69) is 10.4 Å². The van der Waals surface area contributed by atoms with Crippen molar-refractivity contribution in [2.24, 2.45) is 0 Å². The molecule has 1 aliphatic rings. The van der Waals surface area contributed by atoms with Crippen LogP contribution < -0.4 is 20.3 Å². The van der Waals surface area contributed by atoms with Gasteiger partial charge in [-0.15, -0.1) is 0 Å². The second-order valence-corrected chi connectivity index (χ2v) is 5.14. The molecule has 1 atom stereocenters. The summed E-state index contributed by atoms with van der Waals surface area (Å²) in [7, 11) is 0. The van der Waals surface area contributed by atoms with Crippen molar-refractivity contribution in [2.45, 2.75) is 19.1 Å². The standard InChI is InChI=1S/C16H19N3O3/c20-16-7-3-9-18-19(16)10-4-8-17-11-13-12-21-14-5-1-2-6-15(14)22-13/h1-3,5-7,9,13,17H,4,8,10-12H2. The number of aryl methyl sites for hydroxylation is 1. The fraction of sp³-hybridized carbons (Fsp3) is 0.375. The second kappa shape index (κ2) is 7.09. The van der Waals surface area contributed by atoms with Gasteiger partial charge in [0.2, 0.25) is 0 Å². The van der Waals surface area contributed by atoms with E-state index in [1.54, 1.807) is 12.3 Å². The first-order valence-corrected chi connectivity index (χ1v) is 7.44. The Morgan fingerprint density at radius 3 is 2.95 bits per heavy atom. The lowest BCUT2D eigenvalue weighted by Gasteiger charge is -2.26. The van der Waals surface area contributed by atoms with E-state index in [4.69, 9.17) is 9.47 Å². The highest BCUT2D eigenvalue weighted by molar-refractivity contribution is 5.40. The van der Waals surface area contributed by atoms with Gasteiger partial charge in [-0.05, 0) is 31.2 Å². The third-order valence-corrected chi connectivity index (χ3v) is 3.45. The van der Waals surface area contributed by atoms with E-state index in [-0.39, 0.29) is 11.7 Å². The third-order valence-electron chi connectivity index (χ3n) is 3.45. The van der Waals surface area contributed by atoms with Gasteiger partial charge in [0.05, 0.1) is 0 Å². The zero-order chi connectivity index (χ0) is 15.2. The van der Waals surface area contributed by atoms with E-state index in [1.165, 1.54) is 10.7 Å². The van der Waals surface area contributed by atoms with Crippen LogP contribution >= 0.6 is 0 Å². The molecule has 22 heavy (non-hydrogen) atoms. The van der Waals surface area contributed by atoms with Crippen molar-refractivity contribution in [1.29, 1.82) is 0 Å². The summed E-state index contributed by atoms with van der Waals surface area (Å²) in [4.78, 5) is 11.5. The summed E-state index contributed by atoms with van der Waals surface area (Å²) in [5.74, 6) is 1.59. The van der Waals surface area contributed by atoms with Crippen LogP contribution in [0, 0.1) is 0 Å². The van der Waals surface area contributed by atoms with Gasteiger partial charge in [0.1, 0.15) is 12.7 Å². The summed E-state index contributed by atoms with van der Waals surface area (Å²) in [5, 5.41) is 7.35. The van der Waals surface area contributed by atoms with Crippen LogP contribution in [-0.2, 0) is 6.54 Å². The number of benzene rings is 1. The van der Waals surface area contributed by atoms with Crippen molar-refractivity contribution >= 4 is 0 Å². The summed E-state index contributed by atoms with van der Waals surface area (Å²) < 4.78 is 13.0. The molecular weight excluding hydrogens is 282 g/mol. The third kappa shape index (κ3) is 3.65. The van der Waals surface area contributed by atoms with Crippen molar-refractivity contribution in [3.63, 3.8) is 0 Å². The lowest BCUT2D eigenvalue weighted by atomic mass is 10.2. The average Bonchev–Trinajstić information content (AvgIpc) is 2.56. The Morgan fingerprint density at radius 2 is 2.09 bits per heavy atom. The number of hydrogen-bond acceptors (Lipinski definition) is 5. The molecule has 1 aromatic heterocycles. The maximum absolute atomic E-state index is 11.5. The average molecular weight is 301 g/mol. The number of ether oxygens (including phenoxy) is 2. The molecule has 0 spiro atoms. The van der Waals surface area contributed by atoms with Crippen LogP contribution in [-0.4, -0.2) is 35.6 Å². The topological polar surface area (TPSA) is 65.4 Å². The minimum absolute atomic E-state index is 0.00692. The Hall–Kier alpha value is -2.34. The van der Waals surface area contributed by atoms with Crippen LogP contribution in [0.4, 0.5) is 0 Å². The van der Waals surface area contributed by atoms with Crippen molar-refractivity contribution in [1.82, 2.24) is 15.1 Å². The molecule has 0 saturated carbocycles. The van der Waals surface area contributed by atoms with Gasteiger partial charge in [0.15, 0.2) is 11.5 Å². The molecule has 116 valence electrons. The van der Waals surface area contributed by atoms with Crippen LogP contribution in [0.15, 0.2) is 47.4 Å². The number of fused-ring (bicyclic) bond motifs is 1. The molecule has 2 heterocycles. The monoisotopic (exact) mass is 301 g/mol. The molecular formula is C16H19N3O3. The normalized spacial score (nSPS) is 16.5. The van der Waals surface area contributed by atoms with Gasteiger partial charge in [-0.1, -0.05) is 12.1 Å². The van der Waals surface area contributed by atoms with E-state index in [9.17, 15) is 4.79 Å². The lowest BCUT2D eigenvalue weighted by molar-refractivity contribution is 0.0904. The van der Waals surface area contributed by atoms with E-state index in [0.717, 1.165) is 24.5 Å². The van der Waals surface area contributed by atoms with Crippen molar-refractivity contribution in [3.05, 3.63) is 52.9 Å². The van der Waals surface area contributed by atoms with Gasteiger partial charge in [0, 0.05) is 25.4 Å². The predicted octanol–water partition coefficient (Wildman–Crippen LogP) is 1.06. The molecule has 1 unspecified atom stereocenters. The van der Waals surface area contributed by atoms with Crippen molar-refractivity contribution in [3.8, 4) is 11.5 Å². The molecule has 0 amide bonds. The van der Waals surface area contributed by atoms with Crippen LogP contribution in [0.25, 0.3) is 0 Å². The summed E-state index contributed by atoms with van der Waals surface area (Å²) in [6.45, 7) is 2.66. The van der Waals surface area contributed by atoms with Gasteiger partial charge >= 0.3 is 0 Å². The molecule has 1 aliphatic heterocycles. The first kappa shape index (κ1) is 14.6. The molecule has 0 aliphatic carbocycles. The molecule has 6 heteroatoms. The molecule has 0 bridgehead atoms. The van der Waals surface area contributed by atoms with Crippen molar-refractivity contribution < 1.29 is 9.47 Å². The van der Waals surface area contributed by atoms with Gasteiger partial charge in [-0.2, -0.15) is 5.10 Å². The van der Waals surface area contributed by atoms with E-state index < -0.39 is 0 Å². The van der Waals surface area contributed by atoms with Gasteiger partial charge < -0.3 is 14.8 Å². The SMILES string of the molecule is O=c1cccnn1CCCNCC1COc2ccccc2O1. The smallest absolute Gasteiger partial charge is 0.266 e. The summed E-state index contributed by atoms with van der Waals surface area (Å²) in [5.41, 5.74) is -0.0666. The molecule has 1 aromatic carbocycles. The highest BCUT2D eigenvalue weighted by Crippen LogP contribution is 2.30.